The second-order valence-electron chi connectivity index (χ2n) is 19.2. The normalized spacial score (nSPS) is 50.5. The Morgan fingerprint density at radius 2 is 1.55 bits per heavy atom. The summed E-state index contributed by atoms with van der Waals surface area (Å²) in [6, 6.07) is -0.309. The number of fused-ring (bicyclic) bond motifs is 5. The summed E-state index contributed by atoms with van der Waals surface area (Å²) in [6.45, 7) is 15.5. The summed E-state index contributed by atoms with van der Waals surface area (Å²) in [7, 11) is 0. The van der Waals surface area contributed by atoms with E-state index in [0.29, 0.717) is 31.8 Å². The number of nitrogens with zero attached hydrogens (tertiary/aromatic N) is 1. The van der Waals surface area contributed by atoms with Gasteiger partial charge in [0.1, 0.15) is 17.8 Å². The van der Waals surface area contributed by atoms with Crippen molar-refractivity contribution in [2.75, 3.05) is 13.1 Å². The van der Waals surface area contributed by atoms with Gasteiger partial charge in [-0.3, -0.25) is 19.3 Å². The van der Waals surface area contributed by atoms with Gasteiger partial charge in [0, 0.05) is 44.3 Å². The van der Waals surface area contributed by atoms with Crippen LogP contribution in [-0.2, 0) is 42.9 Å². The minimum Gasteiger partial charge on any atom is -0.458 e. The highest BCUT2D eigenvalue weighted by Gasteiger charge is 2.90. The maximum Gasteiger partial charge on any atom is 0.338 e. The average molecular weight is 794 g/mol. The van der Waals surface area contributed by atoms with Gasteiger partial charge < -0.3 is 49.2 Å². The third-order valence-corrected chi connectivity index (χ3v) is 16.0. The topological polar surface area (TPSA) is 219 Å². The first-order valence-electron chi connectivity index (χ1n) is 20.7. The van der Waals surface area contributed by atoms with Crippen molar-refractivity contribution in [2.24, 2.45) is 46.8 Å². The van der Waals surface area contributed by atoms with Crippen LogP contribution in [0.5, 0.6) is 0 Å². The van der Waals surface area contributed by atoms with Crippen molar-refractivity contribution < 1.29 is 68.4 Å². The summed E-state index contributed by atoms with van der Waals surface area (Å²) < 4.78 is 31.3. The molecule has 15 nitrogen and oxygen atoms in total. The lowest BCUT2D eigenvalue weighted by Gasteiger charge is -2.64. The zero-order valence-corrected chi connectivity index (χ0v) is 34.2. The molecule has 4 bridgehead atoms. The third kappa shape index (κ3) is 5.60. The van der Waals surface area contributed by atoms with E-state index in [1.807, 2.05) is 13.8 Å². The molecule has 316 valence electrons. The second kappa shape index (κ2) is 13.6. The largest absolute Gasteiger partial charge is 0.458 e. The highest BCUT2D eigenvalue weighted by molar-refractivity contribution is 5.79. The molecule has 56 heavy (non-hydrogen) atoms. The molecule has 0 aromatic rings. The number of esters is 4. The van der Waals surface area contributed by atoms with Crippen molar-refractivity contribution in [1.29, 1.82) is 0 Å². The number of rotatable bonds is 8. The van der Waals surface area contributed by atoms with E-state index < -0.39 is 124 Å². The van der Waals surface area contributed by atoms with Crippen molar-refractivity contribution >= 4 is 23.9 Å². The monoisotopic (exact) mass is 793 g/mol. The van der Waals surface area contributed by atoms with Gasteiger partial charge in [-0.2, -0.15) is 0 Å². The van der Waals surface area contributed by atoms with Crippen molar-refractivity contribution in [2.45, 2.75) is 172 Å². The molecule has 3 saturated heterocycles. The van der Waals surface area contributed by atoms with Crippen LogP contribution in [0.1, 0.15) is 107 Å². The van der Waals surface area contributed by atoms with Gasteiger partial charge in [-0.1, -0.05) is 34.6 Å². The number of carbonyl (C=O) groups is 4. The van der Waals surface area contributed by atoms with Gasteiger partial charge in [0.15, 0.2) is 17.8 Å². The standard InChI is InChI=1S/C41H63NO14/c1-10-20(4)34(46)55-33-28(45)27-23(18-42-17-19(3)12-13-25(42)38(27,9)49)24-16-39-32(40(24,33)50)30(53-22(6)44)29(52-21(5)43)31-36(39,7)15-14-26(41(31,51)56-39)54-35(47)37(8,48)11-2/h19-20,23-33,45,48-51H,10-18H2,1-9H3/t19-,20?,23-,24-,25-,26-,27+,28+,29?,30+,31-,32+,33-,36-,37?,38+,39+,40-,41?/m0/s1. The Bertz CT molecular complexity index is 1620. The van der Waals surface area contributed by atoms with E-state index in [4.69, 9.17) is 23.7 Å². The molecule has 7 fully saturated rings. The van der Waals surface area contributed by atoms with Gasteiger partial charge >= 0.3 is 23.9 Å². The number of carbonyl (C=O) groups excluding carboxylic acids is 4. The number of piperidine rings is 2. The molecule has 5 N–H and O–H groups in total. The number of aliphatic hydroxyl groups excluding tert-OH is 1. The fraction of sp³-hybridized carbons (Fsp3) is 0.902. The summed E-state index contributed by atoms with van der Waals surface area (Å²) in [5.41, 5.74) is -8.37. The van der Waals surface area contributed by atoms with Crippen molar-refractivity contribution in [3.8, 4) is 0 Å². The van der Waals surface area contributed by atoms with E-state index >= 15 is 0 Å². The smallest absolute Gasteiger partial charge is 0.338 e. The fourth-order valence-electron chi connectivity index (χ4n) is 13.1. The fourth-order valence-corrected chi connectivity index (χ4v) is 13.1. The van der Waals surface area contributed by atoms with Crippen LogP contribution in [0.15, 0.2) is 0 Å². The van der Waals surface area contributed by atoms with Gasteiger partial charge in [-0.25, -0.2) is 4.79 Å². The van der Waals surface area contributed by atoms with Crippen LogP contribution in [0.2, 0.25) is 0 Å². The summed E-state index contributed by atoms with van der Waals surface area (Å²) in [5.74, 6) is -10.8. The predicted molar refractivity (Wildman–Crippen MR) is 195 cm³/mol. The van der Waals surface area contributed by atoms with Gasteiger partial charge in [-0.05, 0) is 76.5 Å². The van der Waals surface area contributed by atoms with Gasteiger partial charge in [0.05, 0.1) is 35.1 Å². The maximum atomic E-state index is 13.9. The van der Waals surface area contributed by atoms with Crippen LogP contribution < -0.4 is 0 Å². The third-order valence-electron chi connectivity index (χ3n) is 16.0. The lowest BCUT2D eigenvalue weighted by Crippen LogP contribution is -2.78. The first-order chi connectivity index (χ1) is 26.0. The molecule has 1 spiro atoms. The highest BCUT2D eigenvalue weighted by Crippen LogP contribution is 2.78. The number of hydrogen-bond acceptors (Lipinski definition) is 15. The zero-order chi connectivity index (χ0) is 41.3. The molecule has 7 aliphatic rings. The van der Waals surface area contributed by atoms with Gasteiger partial charge in [0.25, 0.3) is 0 Å². The Hall–Kier alpha value is -2.40. The molecule has 0 radical (unpaired) electrons. The molecule has 7 rings (SSSR count). The average Bonchev–Trinajstić information content (AvgIpc) is 3.40. The second-order valence-corrected chi connectivity index (χ2v) is 19.2. The van der Waals surface area contributed by atoms with Gasteiger partial charge in [0.2, 0.25) is 5.79 Å². The molecule has 0 amide bonds. The predicted octanol–water partition coefficient (Wildman–Crippen LogP) is 1.61. The van der Waals surface area contributed by atoms with Crippen molar-refractivity contribution in [3.63, 3.8) is 0 Å². The molecule has 3 heterocycles. The van der Waals surface area contributed by atoms with Gasteiger partial charge in [-0.15, -0.1) is 0 Å². The lowest BCUT2D eigenvalue weighted by atomic mass is 9.48. The number of hydrogen-bond donors (Lipinski definition) is 5. The van der Waals surface area contributed by atoms with E-state index in [9.17, 15) is 44.7 Å². The summed E-state index contributed by atoms with van der Waals surface area (Å²) >= 11 is 0. The van der Waals surface area contributed by atoms with E-state index in [2.05, 4.69) is 11.8 Å². The molecule has 4 unspecified atom stereocenters. The molecular weight excluding hydrogens is 730 g/mol. The molecule has 0 aromatic heterocycles. The SMILES string of the molecule is CCC(C)C(=O)O[C@H]1[C@H](O)[C@H]2[C@@H](CN3C[C@@H](C)CC[C@H]3[C@@]2(C)O)[C@@H]2C[C@]34OC5(O)[C@@H](OC(=O)C(C)(O)CC)CC[C@@]3(C)[C@@H]5C(OC(C)=O)[C@@H](OC(C)=O)[C@H]4[C@@]21O. The first-order valence-corrected chi connectivity index (χ1v) is 20.7. The van der Waals surface area contributed by atoms with Crippen LogP contribution in [0.4, 0.5) is 0 Å². The Morgan fingerprint density at radius 3 is 2.14 bits per heavy atom. The number of aliphatic hydroxyl groups is 5. The minimum atomic E-state index is -2.38. The van der Waals surface area contributed by atoms with E-state index in [0.717, 1.165) is 6.42 Å². The molecule has 19 atom stereocenters. The molecule has 0 aromatic carbocycles. The van der Waals surface area contributed by atoms with Crippen LogP contribution in [0.25, 0.3) is 0 Å². The van der Waals surface area contributed by atoms with Crippen LogP contribution in [0.3, 0.4) is 0 Å². The highest BCUT2D eigenvalue weighted by atomic mass is 16.7. The Kier molecular flexibility index (Phi) is 10.1. The summed E-state index contributed by atoms with van der Waals surface area (Å²) in [6.07, 6.45) is -5.31. The van der Waals surface area contributed by atoms with E-state index in [1.54, 1.807) is 20.8 Å². The van der Waals surface area contributed by atoms with Crippen LogP contribution in [-0.4, -0.2) is 132 Å². The quantitative estimate of drug-likeness (QED) is 0.174. The Balaban J connectivity index is 1.45. The van der Waals surface area contributed by atoms with Crippen molar-refractivity contribution in [1.82, 2.24) is 4.90 Å². The molecule has 4 saturated carbocycles. The molecule has 3 aliphatic heterocycles. The van der Waals surface area contributed by atoms with Crippen LogP contribution >= 0.6 is 0 Å². The zero-order valence-electron chi connectivity index (χ0n) is 34.2. The molecular formula is C41H63NO14. The maximum absolute atomic E-state index is 13.9. The number of ether oxygens (including phenoxy) is 5. The molecule has 15 heteroatoms. The Morgan fingerprint density at radius 1 is 0.929 bits per heavy atom. The minimum absolute atomic E-state index is 0.0107. The molecule has 4 aliphatic carbocycles. The van der Waals surface area contributed by atoms with Crippen LogP contribution in [0, 0.1) is 46.8 Å². The first kappa shape index (κ1) is 41.7. The lowest BCUT2D eigenvalue weighted by molar-refractivity contribution is -0.301. The summed E-state index contributed by atoms with van der Waals surface area (Å²) in [5, 5.41) is 62.9. The Labute approximate surface area is 328 Å². The van der Waals surface area contributed by atoms with E-state index in [1.165, 1.54) is 20.8 Å². The summed E-state index contributed by atoms with van der Waals surface area (Å²) in [4.78, 5) is 55.6. The van der Waals surface area contributed by atoms with Crippen molar-refractivity contribution in [3.05, 3.63) is 0 Å². The van der Waals surface area contributed by atoms with E-state index in [-0.39, 0.29) is 31.7 Å².